The number of hydrogen-bond donors (Lipinski definition) is 0. The molecule has 0 heterocycles. The molecule has 0 spiro atoms. The molecule has 5 nitrogen and oxygen atoms in total. The second-order valence-electron chi connectivity index (χ2n) is 5.40. The summed E-state index contributed by atoms with van der Waals surface area (Å²) in [7, 11) is 1.26. The van der Waals surface area contributed by atoms with Crippen LogP contribution in [0.5, 0.6) is 17.2 Å². The van der Waals surface area contributed by atoms with Gasteiger partial charge >= 0.3 is 5.97 Å². The highest BCUT2D eigenvalue weighted by Crippen LogP contribution is 2.30. The zero-order valence-corrected chi connectivity index (χ0v) is 14.4. The van der Waals surface area contributed by atoms with E-state index in [0.717, 1.165) is 0 Å². The van der Waals surface area contributed by atoms with E-state index in [9.17, 15) is 22.8 Å². The van der Waals surface area contributed by atoms with Gasteiger partial charge in [-0.2, -0.15) is 4.39 Å². The molecule has 2 aromatic carbocycles. The number of aldehydes is 1. The molecule has 27 heavy (non-hydrogen) atoms. The highest BCUT2D eigenvalue weighted by Gasteiger charge is 2.24. The predicted octanol–water partition coefficient (Wildman–Crippen LogP) is 4.10. The first kappa shape index (κ1) is 20.3. The lowest BCUT2D eigenvalue weighted by Gasteiger charge is -2.17. The van der Waals surface area contributed by atoms with Gasteiger partial charge in [-0.25, -0.2) is 9.18 Å². The van der Waals surface area contributed by atoms with Crippen LogP contribution >= 0.6 is 0 Å². The second kappa shape index (κ2) is 9.61. The fraction of sp³-hybridized carbons (Fsp3) is 0.263. The van der Waals surface area contributed by atoms with Crippen molar-refractivity contribution >= 4 is 12.3 Å². The minimum atomic E-state index is -2.37. The van der Waals surface area contributed by atoms with Gasteiger partial charge in [-0.15, -0.1) is 0 Å². The Bertz CT molecular complexity index is 779. The van der Waals surface area contributed by atoms with Crippen LogP contribution in [0, 0.1) is 0 Å². The van der Waals surface area contributed by atoms with Crippen molar-refractivity contribution in [3.63, 3.8) is 0 Å². The fourth-order valence-electron chi connectivity index (χ4n) is 2.10. The Morgan fingerprint density at radius 3 is 2.41 bits per heavy atom. The molecule has 0 fully saturated rings. The average Bonchev–Trinajstić information content (AvgIpc) is 2.68. The van der Waals surface area contributed by atoms with Crippen molar-refractivity contribution in [2.45, 2.75) is 19.0 Å². The Labute approximate surface area is 153 Å². The lowest BCUT2D eigenvalue weighted by Crippen LogP contribution is -2.24. The number of carbonyl (C=O) groups excluding carboxylic acids is 2. The minimum Gasteiger partial charge on any atom is -0.493 e. The molecule has 2 unspecified atom stereocenters. The fourth-order valence-corrected chi connectivity index (χ4v) is 2.10. The molecule has 2 aromatic rings. The van der Waals surface area contributed by atoms with Crippen LogP contribution in [-0.2, 0) is 0 Å². The van der Waals surface area contributed by atoms with Crippen molar-refractivity contribution in [1.82, 2.24) is 0 Å². The van der Waals surface area contributed by atoms with E-state index in [1.54, 1.807) is 0 Å². The quantitative estimate of drug-likeness (QED) is 0.371. The molecule has 2 rings (SSSR count). The molecule has 0 aliphatic carbocycles. The van der Waals surface area contributed by atoms with Gasteiger partial charge in [-0.3, -0.25) is 9.18 Å². The first-order valence-electron chi connectivity index (χ1n) is 7.94. The Kier molecular flexibility index (Phi) is 7.22. The second-order valence-corrected chi connectivity index (χ2v) is 5.40. The molecular formula is C19H17F3O5. The number of ether oxygens (including phenoxy) is 3. The van der Waals surface area contributed by atoms with Gasteiger partial charge in [-0.05, 0) is 42.5 Å². The molecule has 8 heteroatoms. The van der Waals surface area contributed by atoms with Gasteiger partial charge in [0.2, 0.25) is 0 Å². The van der Waals surface area contributed by atoms with E-state index in [0.29, 0.717) is 11.8 Å². The van der Waals surface area contributed by atoms with E-state index in [-0.39, 0.29) is 22.8 Å². The largest absolute Gasteiger partial charge is 0.493 e. The summed E-state index contributed by atoms with van der Waals surface area (Å²) in [6, 6.07) is 9.63. The van der Waals surface area contributed by atoms with E-state index in [2.05, 4.69) is 0 Å². The minimum absolute atomic E-state index is 0.0177. The Balaban J connectivity index is 2.11. The molecule has 0 N–H and O–H groups in total. The molecule has 0 aromatic heterocycles. The van der Waals surface area contributed by atoms with E-state index < -0.39 is 31.6 Å². The van der Waals surface area contributed by atoms with Crippen LogP contribution in [0.3, 0.4) is 0 Å². The number of benzene rings is 2. The summed E-state index contributed by atoms with van der Waals surface area (Å²) < 4.78 is 54.1. The Morgan fingerprint density at radius 2 is 1.81 bits per heavy atom. The van der Waals surface area contributed by atoms with E-state index in [1.165, 1.54) is 49.6 Å². The van der Waals surface area contributed by atoms with Crippen molar-refractivity contribution in [2.24, 2.45) is 0 Å². The van der Waals surface area contributed by atoms with Gasteiger partial charge in [0.25, 0.3) is 6.36 Å². The van der Waals surface area contributed by atoms with Crippen LogP contribution in [0.15, 0.2) is 42.5 Å². The first-order valence-corrected chi connectivity index (χ1v) is 7.94. The summed E-state index contributed by atoms with van der Waals surface area (Å²) >= 11 is 0. The summed E-state index contributed by atoms with van der Waals surface area (Å²) in [5.41, 5.74) is 0.507. The Morgan fingerprint density at radius 1 is 1.11 bits per heavy atom. The van der Waals surface area contributed by atoms with Gasteiger partial charge in [0.15, 0.2) is 17.7 Å². The van der Waals surface area contributed by atoms with Gasteiger partial charge in [0.1, 0.15) is 12.0 Å². The standard InChI is InChI=1S/C19H17F3O5/c1-25-17-10-13(4-7-16(17)27-18(22)15(21)8-9-20)19(24)26-14-5-2-12(11-23)3-6-14/h2-7,10-11,15,18H,8-9H2,1H3. The van der Waals surface area contributed by atoms with Crippen LogP contribution < -0.4 is 14.2 Å². The summed E-state index contributed by atoms with van der Waals surface area (Å²) in [4.78, 5) is 22.8. The third-order valence-electron chi connectivity index (χ3n) is 3.53. The molecule has 2 atom stereocenters. The van der Waals surface area contributed by atoms with Crippen LogP contribution in [0.1, 0.15) is 27.1 Å². The van der Waals surface area contributed by atoms with Crippen LogP contribution in [0.4, 0.5) is 13.2 Å². The monoisotopic (exact) mass is 382 g/mol. The maximum Gasteiger partial charge on any atom is 0.343 e. The first-order chi connectivity index (χ1) is 13.0. The third kappa shape index (κ3) is 5.47. The normalized spacial score (nSPS) is 12.7. The summed E-state index contributed by atoms with van der Waals surface area (Å²) in [6.07, 6.45) is -4.47. The summed E-state index contributed by atoms with van der Waals surface area (Å²) in [6.45, 7) is -1.01. The van der Waals surface area contributed by atoms with Crippen molar-refractivity contribution in [2.75, 3.05) is 13.8 Å². The highest BCUT2D eigenvalue weighted by molar-refractivity contribution is 5.92. The topological polar surface area (TPSA) is 61.8 Å². The smallest absolute Gasteiger partial charge is 0.343 e. The van der Waals surface area contributed by atoms with Crippen molar-refractivity contribution in [3.05, 3.63) is 53.6 Å². The number of halogens is 3. The maximum absolute atomic E-state index is 13.7. The lowest BCUT2D eigenvalue weighted by atomic mass is 10.2. The molecule has 0 bridgehead atoms. The van der Waals surface area contributed by atoms with Crippen LogP contribution in [0.25, 0.3) is 0 Å². The zero-order valence-electron chi connectivity index (χ0n) is 14.4. The van der Waals surface area contributed by atoms with Gasteiger partial charge < -0.3 is 14.2 Å². The summed E-state index contributed by atoms with van der Waals surface area (Å²) in [5, 5.41) is 0. The molecule has 0 amide bonds. The molecular weight excluding hydrogens is 365 g/mol. The molecule has 0 aliphatic rings. The molecule has 144 valence electrons. The maximum atomic E-state index is 13.7. The molecule has 0 saturated heterocycles. The van der Waals surface area contributed by atoms with Crippen molar-refractivity contribution in [1.29, 1.82) is 0 Å². The van der Waals surface area contributed by atoms with Crippen molar-refractivity contribution in [3.8, 4) is 17.2 Å². The molecule has 0 aliphatic heterocycles. The summed E-state index contributed by atoms with van der Waals surface area (Å²) in [5.74, 6) is -0.661. The highest BCUT2D eigenvalue weighted by atomic mass is 19.2. The van der Waals surface area contributed by atoms with Crippen LogP contribution in [-0.4, -0.2) is 38.6 Å². The average molecular weight is 382 g/mol. The predicted molar refractivity (Wildman–Crippen MR) is 90.8 cm³/mol. The number of hydrogen-bond acceptors (Lipinski definition) is 5. The number of methoxy groups -OCH3 is 1. The zero-order chi connectivity index (χ0) is 19.8. The Hall–Kier alpha value is -3.03. The number of carbonyl (C=O) groups is 2. The van der Waals surface area contributed by atoms with E-state index >= 15 is 0 Å². The molecule has 0 radical (unpaired) electrons. The van der Waals surface area contributed by atoms with Gasteiger partial charge in [-0.1, -0.05) is 0 Å². The number of esters is 1. The SMILES string of the molecule is COc1cc(C(=O)Oc2ccc(C=O)cc2)ccc1OC(F)C(F)CCF. The third-order valence-corrected chi connectivity index (χ3v) is 3.53. The van der Waals surface area contributed by atoms with Crippen molar-refractivity contribution < 1.29 is 37.0 Å². The van der Waals surface area contributed by atoms with Crippen LogP contribution in [0.2, 0.25) is 0 Å². The molecule has 0 saturated carbocycles. The van der Waals surface area contributed by atoms with Gasteiger partial charge in [0, 0.05) is 12.0 Å². The van der Waals surface area contributed by atoms with Gasteiger partial charge in [0.05, 0.1) is 19.3 Å². The number of alkyl halides is 3. The number of rotatable bonds is 9. The van der Waals surface area contributed by atoms with E-state index in [1.807, 2.05) is 0 Å². The van der Waals surface area contributed by atoms with E-state index in [4.69, 9.17) is 14.2 Å². The lowest BCUT2D eigenvalue weighted by molar-refractivity contribution is -0.0126.